The maximum atomic E-state index is 12.2. The van der Waals surface area contributed by atoms with E-state index in [1.165, 1.54) is 6.07 Å². The number of fused-ring (bicyclic) bond motifs is 2. The van der Waals surface area contributed by atoms with E-state index in [1.54, 1.807) is 13.2 Å². The van der Waals surface area contributed by atoms with Crippen LogP contribution in [0.3, 0.4) is 0 Å². The largest absolute Gasteiger partial charge is 0.496 e. The second-order valence-corrected chi connectivity index (χ2v) is 8.40. The summed E-state index contributed by atoms with van der Waals surface area (Å²) in [6.45, 7) is 3.99. The van der Waals surface area contributed by atoms with E-state index in [1.807, 2.05) is 62.4 Å². The Kier molecular flexibility index (Phi) is 4.37. The number of benzene rings is 4. The minimum Gasteiger partial charge on any atom is -0.496 e. The number of rotatable bonds is 3. The summed E-state index contributed by atoms with van der Waals surface area (Å²) < 4.78 is 40.0. The molecule has 1 N–H and O–H groups in total. The molecule has 0 saturated heterocycles. The number of methoxy groups -OCH3 is 1. The van der Waals surface area contributed by atoms with Crippen molar-refractivity contribution in [1.82, 2.24) is 0 Å². The van der Waals surface area contributed by atoms with E-state index >= 15 is 0 Å². The lowest BCUT2D eigenvalue weighted by atomic mass is 9.92. The second kappa shape index (κ2) is 6.62. The van der Waals surface area contributed by atoms with Gasteiger partial charge in [0, 0.05) is 11.1 Å². The molecular formula is C23H20O4S. The predicted molar refractivity (Wildman–Crippen MR) is 113 cm³/mol. The van der Waals surface area contributed by atoms with Crippen LogP contribution in [-0.2, 0) is 10.1 Å². The minimum atomic E-state index is -4.44. The fraction of sp³-hybridized carbons (Fsp3) is 0.130. The molecule has 0 bridgehead atoms. The Bertz CT molecular complexity index is 1340. The van der Waals surface area contributed by atoms with Crippen LogP contribution in [0.15, 0.2) is 65.6 Å². The molecule has 0 spiro atoms. The van der Waals surface area contributed by atoms with E-state index < -0.39 is 10.1 Å². The van der Waals surface area contributed by atoms with Crippen LogP contribution in [0.25, 0.3) is 32.7 Å². The molecule has 0 fully saturated rings. The highest BCUT2D eigenvalue weighted by Gasteiger charge is 2.23. The predicted octanol–water partition coefficient (Wildman–Crippen LogP) is 5.53. The summed E-state index contributed by atoms with van der Waals surface area (Å²) in [5, 5.41) is 3.48. The molecule has 4 aromatic carbocycles. The topological polar surface area (TPSA) is 63.6 Å². The monoisotopic (exact) mass is 392 g/mol. The lowest BCUT2D eigenvalue weighted by Crippen LogP contribution is -2.03. The van der Waals surface area contributed by atoms with Gasteiger partial charge in [-0.2, -0.15) is 8.42 Å². The molecule has 0 heterocycles. The fourth-order valence-electron chi connectivity index (χ4n) is 3.76. The zero-order chi connectivity index (χ0) is 20.1. The van der Waals surface area contributed by atoms with Gasteiger partial charge in [0.15, 0.2) is 0 Å². The molecule has 0 radical (unpaired) electrons. The normalized spacial score (nSPS) is 11.9. The summed E-state index contributed by atoms with van der Waals surface area (Å²) in [5.74, 6) is 0.550. The fourth-order valence-corrected chi connectivity index (χ4v) is 4.47. The first-order chi connectivity index (χ1) is 13.3. The molecule has 4 rings (SSSR count). The quantitative estimate of drug-likeness (QED) is 0.466. The average molecular weight is 392 g/mol. The van der Waals surface area contributed by atoms with Crippen molar-refractivity contribution in [2.75, 3.05) is 7.11 Å². The van der Waals surface area contributed by atoms with Crippen molar-refractivity contribution in [1.29, 1.82) is 0 Å². The Labute approximate surface area is 164 Å². The van der Waals surface area contributed by atoms with E-state index in [2.05, 4.69) is 0 Å². The van der Waals surface area contributed by atoms with Crippen LogP contribution in [0.2, 0.25) is 0 Å². The lowest BCUT2D eigenvalue weighted by molar-refractivity contribution is 0.417. The van der Waals surface area contributed by atoms with Crippen molar-refractivity contribution in [3.8, 4) is 16.9 Å². The number of aryl methyl sites for hydroxylation is 2. The zero-order valence-electron chi connectivity index (χ0n) is 15.9. The van der Waals surface area contributed by atoms with Gasteiger partial charge in [-0.25, -0.2) is 0 Å². The van der Waals surface area contributed by atoms with Crippen LogP contribution in [0, 0.1) is 13.8 Å². The number of hydrogen-bond donors (Lipinski definition) is 1. The van der Waals surface area contributed by atoms with Gasteiger partial charge < -0.3 is 4.74 Å². The molecule has 0 atom stereocenters. The van der Waals surface area contributed by atoms with Crippen molar-refractivity contribution in [3.63, 3.8) is 0 Å². The van der Waals surface area contributed by atoms with Crippen LogP contribution >= 0.6 is 0 Å². The first-order valence-corrected chi connectivity index (χ1v) is 10.3. The Hall–Kier alpha value is -2.89. The van der Waals surface area contributed by atoms with Gasteiger partial charge in [-0.1, -0.05) is 59.7 Å². The van der Waals surface area contributed by atoms with Crippen LogP contribution in [0.1, 0.15) is 11.1 Å². The Morgan fingerprint density at radius 2 is 1.29 bits per heavy atom. The van der Waals surface area contributed by atoms with E-state index in [0.717, 1.165) is 32.7 Å². The van der Waals surface area contributed by atoms with Gasteiger partial charge >= 0.3 is 0 Å². The standard InChI is InChI=1S/C23H20O4S/c1-14-4-8-18-16(12-14)6-10-20(27-3)22(18)23-19-9-5-15(2)13-17(19)7-11-21(23)28(24,25)26/h4-13H,1-3H3,(H,24,25,26). The molecule has 0 saturated carbocycles. The van der Waals surface area contributed by atoms with E-state index in [4.69, 9.17) is 4.74 Å². The second-order valence-electron chi connectivity index (χ2n) is 7.01. The van der Waals surface area contributed by atoms with Crippen molar-refractivity contribution >= 4 is 31.7 Å². The van der Waals surface area contributed by atoms with Crippen LogP contribution in [0.5, 0.6) is 5.75 Å². The average Bonchev–Trinajstić information content (AvgIpc) is 2.65. The maximum absolute atomic E-state index is 12.2. The Morgan fingerprint density at radius 3 is 1.82 bits per heavy atom. The molecule has 0 amide bonds. The Balaban J connectivity index is 2.26. The molecule has 0 aliphatic heterocycles. The Morgan fingerprint density at radius 1 is 0.750 bits per heavy atom. The van der Waals surface area contributed by atoms with Crippen molar-refractivity contribution in [2.45, 2.75) is 18.7 Å². The van der Waals surface area contributed by atoms with Crippen molar-refractivity contribution < 1.29 is 17.7 Å². The summed E-state index contributed by atoms with van der Waals surface area (Å²) >= 11 is 0. The summed E-state index contributed by atoms with van der Waals surface area (Å²) in [7, 11) is -2.88. The first-order valence-electron chi connectivity index (χ1n) is 8.88. The highest BCUT2D eigenvalue weighted by Crippen LogP contribution is 2.44. The third kappa shape index (κ3) is 3.03. The van der Waals surface area contributed by atoms with Gasteiger partial charge in [0.05, 0.1) is 7.11 Å². The summed E-state index contributed by atoms with van der Waals surface area (Å²) in [5.41, 5.74) is 3.28. The zero-order valence-corrected chi connectivity index (χ0v) is 16.7. The van der Waals surface area contributed by atoms with E-state index in [0.29, 0.717) is 16.9 Å². The number of hydrogen-bond acceptors (Lipinski definition) is 3. The van der Waals surface area contributed by atoms with Crippen LogP contribution in [0.4, 0.5) is 0 Å². The molecule has 142 valence electrons. The van der Waals surface area contributed by atoms with Gasteiger partial charge in [-0.15, -0.1) is 0 Å². The van der Waals surface area contributed by atoms with Gasteiger partial charge in [-0.3, -0.25) is 4.55 Å². The molecule has 0 aromatic heterocycles. The molecule has 5 heteroatoms. The minimum absolute atomic E-state index is 0.129. The lowest BCUT2D eigenvalue weighted by Gasteiger charge is -2.17. The number of ether oxygens (including phenoxy) is 1. The molecule has 28 heavy (non-hydrogen) atoms. The van der Waals surface area contributed by atoms with E-state index in [9.17, 15) is 13.0 Å². The van der Waals surface area contributed by atoms with Gasteiger partial charge in [0.1, 0.15) is 10.6 Å². The molecule has 0 unspecified atom stereocenters. The maximum Gasteiger partial charge on any atom is 0.295 e. The van der Waals surface area contributed by atoms with Crippen LogP contribution < -0.4 is 4.74 Å². The van der Waals surface area contributed by atoms with Crippen molar-refractivity contribution in [3.05, 3.63) is 71.8 Å². The molecule has 0 aliphatic carbocycles. The first kappa shape index (κ1) is 18.5. The molecule has 4 aromatic rings. The molecule has 0 aliphatic rings. The third-order valence-electron chi connectivity index (χ3n) is 5.02. The highest BCUT2D eigenvalue weighted by molar-refractivity contribution is 7.86. The van der Waals surface area contributed by atoms with Gasteiger partial charge in [0.2, 0.25) is 0 Å². The molecular weight excluding hydrogens is 372 g/mol. The highest BCUT2D eigenvalue weighted by atomic mass is 32.2. The SMILES string of the molecule is COc1ccc2cc(C)ccc2c1-c1c(S(=O)(=O)O)ccc2cc(C)ccc12. The summed E-state index contributed by atoms with van der Waals surface area (Å²) in [4.78, 5) is -0.129. The van der Waals surface area contributed by atoms with E-state index in [-0.39, 0.29) is 4.90 Å². The van der Waals surface area contributed by atoms with Crippen molar-refractivity contribution in [2.24, 2.45) is 0 Å². The smallest absolute Gasteiger partial charge is 0.295 e. The summed E-state index contributed by atoms with van der Waals surface area (Å²) in [6.07, 6.45) is 0. The third-order valence-corrected chi connectivity index (χ3v) is 5.92. The van der Waals surface area contributed by atoms with Gasteiger partial charge in [-0.05, 0) is 47.5 Å². The van der Waals surface area contributed by atoms with Gasteiger partial charge in [0.25, 0.3) is 10.1 Å². The molecule has 4 nitrogen and oxygen atoms in total. The summed E-state index contributed by atoms with van der Waals surface area (Å²) in [6, 6.07) is 18.8. The van der Waals surface area contributed by atoms with Crippen LogP contribution in [-0.4, -0.2) is 20.1 Å².